The van der Waals surface area contributed by atoms with Crippen molar-refractivity contribution in [3.05, 3.63) is 194 Å². The van der Waals surface area contributed by atoms with Gasteiger partial charge in [-0.3, -0.25) is 0 Å². The molecule has 4 nitrogen and oxygen atoms in total. The van der Waals surface area contributed by atoms with Crippen LogP contribution in [0.4, 0.5) is 0 Å². The molecule has 0 spiro atoms. The molecule has 4 heteroatoms. The minimum Gasteiger partial charge on any atom is -0.507 e. The highest BCUT2D eigenvalue weighted by atomic mass is 16.3. The van der Waals surface area contributed by atoms with Crippen LogP contribution in [0.2, 0.25) is 0 Å². The van der Waals surface area contributed by atoms with E-state index in [0.717, 1.165) is 54.9 Å². The standard InChI is InChI=1S/C53H33N3O/c57-49-18-8-17-46(50(49)39-27-23-36(24-28-39)43-16-7-12-33-9-1-4-13-42(33)43)53-55-51(40-29-25-37-21-19-34-10-2-5-14-44(34)47(37)31-40)54-52(56-53)41-30-26-38-22-20-35-11-3-6-15-45(35)48(38)32-41/h1-32,57H. The lowest BCUT2D eigenvalue weighted by Crippen LogP contribution is -2.01. The van der Waals surface area contributed by atoms with Gasteiger partial charge in [-0.25, -0.2) is 15.0 Å². The van der Waals surface area contributed by atoms with Gasteiger partial charge in [-0.05, 0) is 88.8 Å². The van der Waals surface area contributed by atoms with E-state index in [1.54, 1.807) is 6.07 Å². The molecule has 11 rings (SSSR count). The van der Waals surface area contributed by atoms with Gasteiger partial charge in [0, 0.05) is 22.3 Å². The zero-order valence-corrected chi connectivity index (χ0v) is 30.8. The Kier molecular flexibility index (Phi) is 7.61. The summed E-state index contributed by atoms with van der Waals surface area (Å²) in [6.45, 7) is 0. The number of benzene rings is 10. The Morgan fingerprint density at radius 1 is 0.281 bits per heavy atom. The average Bonchev–Trinajstić information content (AvgIpc) is 3.28. The van der Waals surface area contributed by atoms with Crippen molar-refractivity contribution in [2.75, 3.05) is 0 Å². The van der Waals surface area contributed by atoms with Gasteiger partial charge in [0.1, 0.15) is 5.75 Å². The summed E-state index contributed by atoms with van der Waals surface area (Å²) in [7, 11) is 0. The molecule has 10 aromatic carbocycles. The van der Waals surface area contributed by atoms with Crippen LogP contribution < -0.4 is 0 Å². The Balaban J connectivity index is 1.11. The molecular weight excluding hydrogens is 695 g/mol. The lowest BCUT2D eigenvalue weighted by molar-refractivity contribution is 0.477. The Morgan fingerprint density at radius 3 is 1.28 bits per heavy atom. The summed E-state index contributed by atoms with van der Waals surface area (Å²) in [6, 6.07) is 67.1. The van der Waals surface area contributed by atoms with E-state index in [1.807, 2.05) is 12.1 Å². The summed E-state index contributed by atoms with van der Waals surface area (Å²) in [4.78, 5) is 15.6. The number of hydrogen-bond donors (Lipinski definition) is 1. The molecule has 1 heterocycles. The van der Waals surface area contributed by atoms with Crippen molar-refractivity contribution in [2.24, 2.45) is 0 Å². The zero-order valence-electron chi connectivity index (χ0n) is 30.8. The van der Waals surface area contributed by atoms with Crippen LogP contribution in [0.25, 0.3) is 110 Å². The summed E-state index contributed by atoms with van der Waals surface area (Å²) >= 11 is 0. The topological polar surface area (TPSA) is 58.9 Å². The van der Waals surface area contributed by atoms with Gasteiger partial charge in [-0.1, -0.05) is 176 Å². The van der Waals surface area contributed by atoms with Gasteiger partial charge in [0.15, 0.2) is 17.5 Å². The van der Waals surface area contributed by atoms with Gasteiger partial charge < -0.3 is 5.11 Å². The number of phenolic OH excluding ortho intramolecular Hbond substituents is 1. The van der Waals surface area contributed by atoms with Gasteiger partial charge in [-0.15, -0.1) is 0 Å². The molecule has 0 unspecified atom stereocenters. The van der Waals surface area contributed by atoms with Gasteiger partial charge in [0.25, 0.3) is 0 Å². The summed E-state index contributed by atoms with van der Waals surface area (Å²) in [5.74, 6) is 1.75. The molecule has 11 aromatic rings. The Hall–Kier alpha value is -7.69. The molecule has 0 saturated carbocycles. The summed E-state index contributed by atoms with van der Waals surface area (Å²) < 4.78 is 0. The SMILES string of the molecule is Oc1cccc(-c2nc(-c3ccc4ccc5ccccc5c4c3)nc(-c3ccc4ccc5ccccc5c4c3)n2)c1-c1ccc(-c2cccc3ccccc23)cc1. The maximum absolute atomic E-state index is 11.6. The quantitative estimate of drug-likeness (QED) is 0.179. The Bertz CT molecular complexity index is 3230. The number of rotatable bonds is 5. The second-order valence-corrected chi connectivity index (χ2v) is 14.6. The van der Waals surface area contributed by atoms with Gasteiger partial charge in [0.05, 0.1) is 0 Å². The lowest BCUT2D eigenvalue weighted by atomic mass is 9.94. The van der Waals surface area contributed by atoms with Crippen molar-refractivity contribution in [3.63, 3.8) is 0 Å². The van der Waals surface area contributed by atoms with E-state index in [4.69, 9.17) is 15.0 Å². The molecule has 1 N–H and O–H groups in total. The van der Waals surface area contributed by atoms with Crippen LogP contribution in [-0.4, -0.2) is 20.1 Å². The number of hydrogen-bond acceptors (Lipinski definition) is 4. The molecule has 0 radical (unpaired) electrons. The van der Waals surface area contributed by atoms with Crippen molar-refractivity contribution >= 4 is 53.9 Å². The molecule has 0 amide bonds. The van der Waals surface area contributed by atoms with Crippen LogP contribution in [0, 0.1) is 0 Å². The molecule has 0 saturated heterocycles. The molecule has 0 aliphatic carbocycles. The smallest absolute Gasteiger partial charge is 0.164 e. The fraction of sp³-hybridized carbons (Fsp3) is 0. The maximum Gasteiger partial charge on any atom is 0.164 e. The minimum atomic E-state index is 0.156. The van der Waals surface area contributed by atoms with Crippen molar-refractivity contribution in [1.29, 1.82) is 0 Å². The maximum atomic E-state index is 11.6. The van der Waals surface area contributed by atoms with E-state index in [9.17, 15) is 5.11 Å². The predicted octanol–water partition coefficient (Wildman–Crippen LogP) is 13.7. The second kappa shape index (κ2) is 13.3. The van der Waals surface area contributed by atoms with Gasteiger partial charge in [-0.2, -0.15) is 0 Å². The highest BCUT2D eigenvalue weighted by molar-refractivity contribution is 6.10. The Labute approximate surface area is 329 Å². The fourth-order valence-electron chi connectivity index (χ4n) is 8.36. The number of phenols is 1. The third-order valence-electron chi connectivity index (χ3n) is 11.2. The number of aromatic nitrogens is 3. The fourth-order valence-corrected chi connectivity index (χ4v) is 8.36. The Morgan fingerprint density at radius 2 is 0.684 bits per heavy atom. The van der Waals surface area contributed by atoms with Crippen LogP contribution in [0.5, 0.6) is 5.75 Å². The molecule has 0 bridgehead atoms. The van der Waals surface area contributed by atoms with E-state index in [0.29, 0.717) is 23.0 Å². The molecular formula is C53H33N3O. The van der Waals surface area contributed by atoms with Crippen molar-refractivity contribution < 1.29 is 5.11 Å². The largest absolute Gasteiger partial charge is 0.507 e. The first-order valence-corrected chi connectivity index (χ1v) is 19.2. The second-order valence-electron chi connectivity index (χ2n) is 14.6. The monoisotopic (exact) mass is 727 g/mol. The van der Waals surface area contributed by atoms with Crippen LogP contribution in [0.15, 0.2) is 194 Å². The van der Waals surface area contributed by atoms with Gasteiger partial charge >= 0.3 is 0 Å². The third kappa shape index (κ3) is 5.66. The minimum absolute atomic E-state index is 0.156. The van der Waals surface area contributed by atoms with E-state index in [1.165, 1.54) is 32.3 Å². The molecule has 1 aromatic heterocycles. The predicted molar refractivity (Wildman–Crippen MR) is 236 cm³/mol. The third-order valence-corrected chi connectivity index (χ3v) is 11.2. The first kappa shape index (κ1) is 32.7. The first-order valence-electron chi connectivity index (χ1n) is 19.2. The zero-order chi connectivity index (χ0) is 37.9. The highest BCUT2D eigenvalue weighted by Crippen LogP contribution is 2.40. The highest BCUT2D eigenvalue weighted by Gasteiger charge is 2.19. The van der Waals surface area contributed by atoms with Crippen LogP contribution in [0.1, 0.15) is 0 Å². The van der Waals surface area contributed by atoms with E-state index in [2.05, 4.69) is 176 Å². The summed E-state index contributed by atoms with van der Waals surface area (Å²) in [5.41, 5.74) is 6.28. The van der Waals surface area contributed by atoms with E-state index >= 15 is 0 Å². The van der Waals surface area contributed by atoms with Crippen LogP contribution >= 0.6 is 0 Å². The molecule has 0 aliphatic rings. The first-order chi connectivity index (χ1) is 28.1. The molecule has 57 heavy (non-hydrogen) atoms. The van der Waals surface area contributed by atoms with Crippen molar-refractivity contribution in [1.82, 2.24) is 15.0 Å². The number of fused-ring (bicyclic) bond motifs is 7. The van der Waals surface area contributed by atoms with E-state index < -0.39 is 0 Å². The number of nitrogens with zero attached hydrogens (tertiary/aromatic N) is 3. The van der Waals surface area contributed by atoms with Crippen molar-refractivity contribution in [2.45, 2.75) is 0 Å². The van der Waals surface area contributed by atoms with Crippen molar-refractivity contribution in [3.8, 4) is 62.2 Å². The van der Waals surface area contributed by atoms with Crippen LogP contribution in [-0.2, 0) is 0 Å². The van der Waals surface area contributed by atoms with Crippen LogP contribution in [0.3, 0.4) is 0 Å². The van der Waals surface area contributed by atoms with E-state index in [-0.39, 0.29) is 5.75 Å². The molecule has 0 aliphatic heterocycles. The average molecular weight is 728 g/mol. The summed E-state index contributed by atoms with van der Waals surface area (Å²) in [5, 5.41) is 23.2. The molecule has 0 atom stereocenters. The summed E-state index contributed by atoms with van der Waals surface area (Å²) in [6.07, 6.45) is 0. The normalized spacial score (nSPS) is 11.6. The lowest BCUT2D eigenvalue weighted by Gasteiger charge is -2.15. The van der Waals surface area contributed by atoms with Gasteiger partial charge in [0.2, 0.25) is 0 Å². The molecule has 266 valence electrons. The molecule has 0 fully saturated rings. The number of aromatic hydroxyl groups is 1.